The zero-order valence-corrected chi connectivity index (χ0v) is 10.00. The van der Waals surface area contributed by atoms with Crippen molar-refractivity contribution in [1.29, 1.82) is 0 Å². The van der Waals surface area contributed by atoms with Crippen LogP contribution in [0.25, 0.3) is 0 Å². The summed E-state index contributed by atoms with van der Waals surface area (Å²) in [5, 5.41) is 6.63. The Kier molecular flexibility index (Phi) is 5.88. The van der Waals surface area contributed by atoms with E-state index >= 15 is 0 Å². The van der Waals surface area contributed by atoms with Gasteiger partial charge in [-0.2, -0.15) is 5.10 Å². The van der Waals surface area contributed by atoms with Crippen LogP contribution in [0.2, 0.25) is 0 Å². The molecule has 0 aromatic carbocycles. The third-order valence-corrected chi connectivity index (χ3v) is 2.87. The number of nitrogen functional groups attached to an aromatic ring is 1. The van der Waals surface area contributed by atoms with Crippen LogP contribution in [0.1, 0.15) is 57.1 Å². The third kappa shape index (κ3) is 3.83. The van der Waals surface area contributed by atoms with E-state index in [-0.39, 0.29) is 6.04 Å². The predicted octanol–water partition coefficient (Wildman–Crippen LogP) is 1.86. The van der Waals surface area contributed by atoms with Crippen molar-refractivity contribution < 1.29 is 0 Å². The lowest BCUT2D eigenvalue weighted by atomic mass is 10.0. The van der Waals surface area contributed by atoms with Gasteiger partial charge in [0.1, 0.15) is 5.82 Å². The lowest BCUT2D eigenvalue weighted by Gasteiger charge is -2.14. The van der Waals surface area contributed by atoms with Crippen molar-refractivity contribution in [3.8, 4) is 0 Å². The largest absolute Gasteiger partial charge is 0.384 e. The van der Waals surface area contributed by atoms with E-state index in [0.717, 1.165) is 12.0 Å². The Labute approximate surface area is 96.9 Å². The molecule has 0 fully saturated rings. The Bertz CT molecular complexity index is 284. The zero-order chi connectivity index (χ0) is 11.8. The molecule has 0 saturated carbocycles. The van der Waals surface area contributed by atoms with E-state index in [2.05, 4.69) is 22.5 Å². The van der Waals surface area contributed by atoms with Crippen LogP contribution in [0.5, 0.6) is 0 Å². The molecule has 0 saturated heterocycles. The monoisotopic (exact) mass is 225 g/mol. The second kappa shape index (κ2) is 7.24. The standard InChI is InChI=1S/C11H23N5/c1-2-3-4-5-6-7-10(15-13)9-8-14-16-11(9)12/h8,10,15H,2-7,13H2,1H3,(H3,12,14,16). The van der Waals surface area contributed by atoms with Crippen LogP contribution in [-0.4, -0.2) is 10.2 Å². The lowest BCUT2D eigenvalue weighted by molar-refractivity contribution is 0.480. The SMILES string of the molecule is CCCCCCCC(NN)c1cn[nH]c1N. The number of hydrogen-bond donors (Lipinski definition) is 4. The maximum atomic E-state index is 5.76. The summed E-state index contributed by atoms with van der Waals surface area (Å²) >= 11 is 0. The smallest absolute Gasteiger partial charge is 0.123 e. The topological polar surface area (TPSA) is 92.7 Å². The molecular formula is C11H23N5. The van der Waals surface area contributed by atoms with Crippen LogP contribution in [0.4, 0.5) is 5.82 Å². The van der Waals surface area contributed by atoms with Gasteiger partial charge in [0.15, 0.2) is 0 Å². The average molecular weight is 225 g/mol. The molecule has 0 spiro atoms. The van der Waals surface area contributed by atoms with E-state index in [9.17, 15) is 0 Å². The molecule has 0 aliphatic heterocycles. The maximum absolute atomic E-state index is 5.76. The summed E-state index contributed by atoms with van der Waals surface area (Å²) in [5.74, 6) is 6.13. The zero-order valence-electron chi connectivity index (χ0n) is 10.00. The molecule has 1 aromatic rings. The van der Waals surface area contributed by atoms with E-state index in [0.29, 0.717) is 5.82 Å². The summed E-state index contributed by atoms with van der Waals surface area (Å²) in [6, 6.07) is 0.111. The van der Waals surface area contributed by atoms with E-state index in [1.54, 1.807) is 6.20 Å². The van der Waals surface area contributed by atoms with Crippen molar-refractivity contribution >= 4 is 5.82 Å². The highest BCUT2D eigenvalue weighted by atomic mass is 15.2. The van der Waals surface area contributed by atoms with Crippen LogP contribution in [0.15, 0.2) is 6.20 Å². The van der Waals surface area contributed by atoms with Crippen LogP contribution >= 0.6 is 0 Å². The molecule has 0 radical (unpaired) electrons. The van der Waals surface area contributed by atoms with Gasteiger partial charge in [-0.15, -0.1) is 0 Å². The van der Waals surface area contributed by atoms with Gasteiger partial charge in [0, 0.05) is 5.56 Å². The first kappa shape index (κ1) is 13.0. The molecule has 0 aliphatic carbocycles. The van der Waals surface area contributed by atoms with Crippen molar-refractivity contribution in [2.45, 2.75) is 51.5 Å². The lowest BCUT2D eigenvalue weighted by Crippen LogP contribution is -2.28. The number of hydrogen-bond acceptors (Lipinski definition) is 4. The molecule has 1 atom stereocenters. The van der Waals surface area contributed by atoms with Gasteiger partial charge in [0.25, 0.3) is 0 Å². The number of anilines is 1. The minimum Gasteiger partial charge on any atom is -0.384 e. The first-order valence-electron chi connectivity index (χ1n) is 6.04. The molecule has 1 heterocycles. The Morgan fingerprint density at radius 1 is 1.38 bits per heavy atom. The van der Waals surface area contributed by atoms with Crippen LogP contribution in [-0.2, 0) is 0 Å². The molecule has 92 valence electrons. The fourth-order valence-electron chi connectivity index (χ4n) is 1.86. The predicted molar refractivity (Wildman–Crippen MR) is 66.4 cm³/mol. The molecule has 5 nitrogen and oxygen atoms in total. The average Bonchev–Trinajstić information content (AvgIpc) is 2.70. The van der Waals surface area contributed by atoms with Crippen LogP contribution < -0.4 is 17.0 Å². The number of nitrogens with one attached hydrogen (secondary N) is 2. The molecule has 0 bridgehead atoms. The highest BCUT2D eigenvalue weighted by Crippen LogP contribution is 2.22. The highest BCUT2D eigenvalue weighted by molar-refractivity contribution is 5.39. The number of aromatic amines is 1. The number of hydrazine groups is 1. The van der Waals surface area contributed by atoms with Crippen LogP contribution in [0, 0.1) is 0 Å². The van der Waals surface area contributed by atoms with E-state index in [4.69, 9.17) is 11.6 Å². The Balaban J connectivity index is 2.30. The molecule has 6 N–H and O–H groups in total. The van der Waals surface area contributed by atoms with Gasteiger partial charge in [-0.1, -0.05) is 39.0 Å². The second-order valence-electron chi connectivity index (χ2n) is 4.16. The van der Waals surface area contributed by atoms with Gasteiger partial charge in [0.05, 0.1) is 12.2 Å². The molecular weight excluding hydrogens is 202 g/mol. The van der Waals surface area contributed by atoms with Gasteiger partial charge >= 0.3 is 0 Å². The molecule has 1 aromatic heterocycles. The number of nitrogens with zero attached hydrogens (tertiary/aromatic N) is 1. The number of nitrogens with two attached hydrogens (primary N) is 2. The Hall–Kier alpha value is -1.07. The quantitative estimate of drug-likeness (QED) is 0.308. The fourth-order valence-corrected chi connectivity index (χ4v) is 1.86. The summed E-state index contributed by atoms with van der Waals surface area (Å²) in [7, 11) is 0. The van der Waals surface area contributed by atoms with E-state index in [1.165, 1.54) is 32.1 Å². The van der Waals surface area contributed by atoms with Crippen molar-refractivity contribution in [1.82, 2.24) is 15.6 Å². The Morgan fingerprint density at radius 2 is 2.12 bits per heavy atom. The normalized spacial score (nSPS) is 12.9. The third-order valence-electron chi connectivity index (χ3n) is 2.87. The minimum atomic E-state index is 0.111. The molecule has 1 unspecified atom stereocenters. The van der Waals surface area contributed by atoms with Gasteiger partial charge in [0.2, 0.25) is 0 Å². The van der Waals surface area contributed by atoms with E-state index < -0.39 is 0 Å². The van der Waals surface area contributed by atoms with Crippen LogP contribution in [0.3, 0.4) is 0 Å². The number of unbranched alkanes of at least 4 members (excludes halogenated alkanes) is 4. The van der Waals surface area contributed by atoms with E-state index in [1.807, 2.05) is 0 Å². The molecule has 1 rings (SSSR count). The van der Waals surface area contributed by atoms with Crippen molar-refractivity contribution in [2.24, 2.45) is 5.84 Å². The highest BCUT2D eigenvalue weighted by Gasteiger charge is 2.13. The van der Waals surface area contributed by atoms with Gasteiger partial charge in [-0.3, -0.25) is 16.4 Å². The molecule has 0 aliphatic rings. The maximum Gasteiger partial charge on any atom is 0.123 e. The number of H-pyrrole nitrogens is 1. The summed E-state index contributed by atoms with van der Waals surface area (Å²) in [6.45, 7) is 2.22. The molecule has 5 heteroatoms. The fraction of sp³-hybridized carbons (Fsp3) is 0.727. The summed E-state index contributed by atoms with van der Waals surface area (Å²) < 4.78 is 0. The first-order valence-corrected chi connectivity index (χ1v) is 6.04. The second-order valence-corrected chi connectivity index (χ2v) is 4.16. The summed E-state index contributed by atoms with van der Waals surface area (Å²) in [5.41, 5.74) is 9.52. The summed E-state index contributed by atoms with van der Waals surface area (Å²) in [4.78, 5) is 0. The van der Waals surface area contributed by atoms with Gasteiger partial charge < -0.3 is 5.73 Å². The van der Waals surface area contributed by atoms with Gasteiger partial charge in [-0.05, 0) is 6.42 Å². The van der Waals surface area contributed by atoms with Crippen molar-refractivity contribution in [2.75, 3.05) is 5.73 Å². The van der Waals surface area contributed by atoms with Crippen molar-refractivity contribution in [3.63, 3.8) is 0 Å². The number of aromatic nitrogens is 2. The van der Waals surface area contributed by atoms with Crippen molar-refractivity contribution in [3.05, 3.63) is 11.8 Å². The molecule has 16 heavy (non-hydrogen) atoms. The first-order chi connectivity index (χ1) is 7.79. The minimum absolute atomic E-state index is 0.111. The Morgan fingerprint density at radius 3 is 2.69 bits per heavy atom. The summed E-state index contributed by atoms with van der Waals surface area (Å²) in [6.07, 6.45) is 9.05. The van der Waals surface area contributed by atoms with Gasteiger partial charge in [-0.25, -0.2) is 0 Å². The molecule has 0 amide bonds. The number of rotatable bonds is 8.